The van der Waals surface area contributed by atoms with E-state index < -0.39 is 0 Å². The number of aryl methyl sites for hydroxylation is 1. The predicted octanol–water partition coefficient (Wildman–Crippen LogP) is 1.54. The first-order chi connectivity index (χ1) is 7.15. The summed E-state index contributed by atoms with van der Waals surface area (Å²) in [5.74, 6) is 0.950. The van der Waals surface area contributed by atoms with Crippen molar-refractivity contribution in [3.63, 3.8) is 0 Å². The SMILES string of the molecule is Cc1cccc2c1N(C)C(C)C(CN)O2. The minimum absolute atomic E-state index is 0.0873. The molecule has 0 saturated heterocycles. The first kappa shape index (κ1) is 10.3. The van der Waals surface area contributed by atoms with Gasteiger partial charge in [-0.25, -0.2) is 0 Å². The Morgan fingerprint density at radius 1 is 1.47 bits per heavy atom. The zero-order valence-electron chi connectivity index (χ0n) is 9.53. The molecule has 0 bridgehead atoms. The molecule has 1 heterocycles. The van der Waals surface area contributed by atoms with E-state index in [9.17, 15) is 0 Å². The molecule has 2 rings (SSSR count). The molecule has 2 atom stereocenters. The van der Waals surface area contributed by atoms with Gasteiger partial charge in [0.25, 0.3) is 0 Å². The minimum Gasteiger partial charge on any atom is -0.485 e. The van der Waals surface area contributed by atoms with E-state index in [1.54, 1.807) is 0 Å². The molecule has 0 saturated carbocycles. The third-order valence-corrected chi connectivity index (χ3v) is 3.21. The van der Waals surface area contributed by atoms with Gasteiger partial charge in [0.05, 0.1) is 11.7 Å². The highest BCUT2D eigenvalue weighted by Gasteiger charge is 2.30. The van der Waals surface area contributed by atoms with Gasteiger partial charge in [-0.05, 0) is 25.5 Å². The Hall–Kier alpha value is -1.22. The number of hydrogen-bond acceptors (Lipinski definition) is 3. The van der Waals surface area contributed by atoms with Crippen LogP contribution in [0.4, 0.5) is 5.69 Å². The second-order valence-electron chi connectivity index (χ2n) is 4.17. The molecule has 0 amide bonds. The Kier molecular flexibility index (Phi) is 2.57. The molecule has 15 heavy (non-hydrogen) atoms. The molecule has 1 aliphatic rings. The van der Waals surface area contributed by atoms with Crippen LogP contribution in [-0.4, -0.2) is 25.7 Å². The van der Waals surface area contributed by atoms with Crippen molar-refractivity contribution in [1.29, 1.82) is 0 Å². The largest absolute Gasteiger partial charge is 0.485 e. The van der Waals surface area contributed by atoms with E-state index in [4.69, 9.17) is 10.5 Å². The number of likely N-dealkylation sites (N-methyl/N-ethyl adjacent to an activating group) is 1. The van der Waals surface area contributed by atoms with Gasteiger partial charge in [0.1, 0.15) is 11.9 Å². The van der Waals surface area contributed by atoms with Crippen LogP contribution in [0.25, 0.3) is 0 Å². The molecule has 82 valence electrons. The molecule has 2 N–H and O–H groups in total. The zero-order chi connectivity index (χ0) is 11.0. The number of benzene rings is 1. The average Bonchev–Trinajstić information content (AvgIpc) is 2.23. The number of nitrogens with zero attached hydrogens (tertiary/aromatic N) is 1. The van der Waals surface area contributed by atoms with Crippen LogP contribution in [-0.2, 0) is 0 Å². The molecular formula is C12H18N2O. The van der Waals surface area contributed by atoms with E-state index in [0.29, 0.717) is 12.6 Å². The summed E-state index contributed by atoms with van der Waals surface area (Å²) in [4.78, 5) is 2.26. The lowest BCUT2D eigenvalue weighted by molar-refractivity contribution is 0.168. The van der Waals surface area contributed by atoms with Crippen LogP contribution in [0.1, 0.15) is 12.5 Å². The van der Waals surface area contributed by atoms with Gasteiger partial charge in [-0.15, -0.1) is 0 Å². The molecule has 3 heteroatoms. The summed E-state index contributed by atoms with van der Waals surface area (Å²) in [7, 11) is 2.10. The summed E-state index contributed by atoms with van der Waals surface area (Å²) in [6.45, 7) is 4.81. The predicted molar refractivity (Wildman–Crippen MR) is 62.5 cm³/mol. The van der Waals surface area contributed by atoms with Gasteiger partial charge in [0.2, 0.25) is 0 Å². The van der Waals surface area contributed by atoms with E-state index in [-0.39, 0.29) is 6.10 Å². The number of fused-ring (bicyclic) bond motifs is 1. The van der Waals surface area contributed by atoms with Crippen LogP contribution in [0.5, 0.6) is 5.75 Å². The van der Waals surface area contributed by atoms with Crippen LogP contribution in [0, 0.1) is 6.92 Å². The molecule has 0 radical (unpaired) electrons. The topological polar surface area (TPSA) is 38.5 Å². The molecule has 0 aliphatic carbocycles. The van der Waals surface area contributed by atoms with Crippen LogP contribution < -0.4 is 15.4 Å². The molecule has 0 aromatic heterocycles. The summed E-state index contributed by atoms with van der Waals surface area (Å²) in [6, 6.07) is 6.45. The van der Waals surface area contributed by atoms with E-state index >= 15 is 0 Å². The number of anilines is 1. The van der Waals surface area contributed by atoms with Gasteiger partial charge in [0, 0.05) is 13.6 Å². The molecule has 2 unspecified atom stereocenters. The average molecular weight is 206 g/mol. The normalized spacial score (nSPS) is 24.7. The summed E-state index contributed by atoms with van der Waals surface area (Å²) in [5, 5.41) is 0. The number of rotatable bonds is 1. The Morgan fingerprint density at radius 2 is 2.20 bits per heavy atom. The van der Waals surface area contributed by atoms with Crippen LogP contribution in [0.3, 0.4) is 0 Å². The molecule has 1 aliphatic heterocycles. The minimum atomic E-state index is 0.0873. The Morgan fingerprint density at radius 3 is 2.87 bits per heavy atom. The van der Waals surface area contributed by atoms with Gasteiger partial charge >= 0.3 is 0 Å². The van der Waals surface area contributed by atoms with Crippen LogP contribution in [0.15, 0.2) is 18.2 Å². The van der Waals surface area contributed by atoms with E-state index in [1.807, 2.05) is 12.1 Å². The monoisotopic (exact) mass is 206 g/mol. The smallest absolute Gasteiger partial charge is 0.143 e. The second kappa shape index (κ2) is 3.74. The van der Waals surface area contributed by atoms with Crippen molar-refractivity contribution in [1.82, 2.24) is 0 Å². The fraction of sp³-hybridized carbons (Fsp3) is 0.500. The van der Waals surface area contributed by atoms with Crippen molar-refractivity contribution < 1.29 is 4.74 Å². The van der Waals surface area contributed by atoms with Crippen molar-refractivity contribution in [3.05, 3.63) is 23.8 Å². The number of hydrogen-bond donors (Lipinski definition) is 1. The number of nitrogens with two attached hydrogens (primary N) is 1. The standard InChI is InChI=1S/C12H18N2O/c1-8-5-4-6-10-12(8)14(3)9(2)11(7-13)15-10/h4-6,9,11H,7,13H2,1-3H3. The Labute approximate surface area is 90.8 Å². The maximum Gasteiger partial charge on any atom is 0.143 e. The molecule has 1 aromatic carbocycles. The zero-order valence-corrected chi connectivity index (χ0v) is 9.53. The van der Waals surface area contributed by atoms with Gasteiger partial charge in [-0.3, -0.25) is 0 Å². The van der Waals surface area contributed by atoms with Gasteiger partial charge in [-0.1, -0.05) is 12.1 Å². The lowest BCUT2D eigenvalue weighted by Crippen LogP contribution is -2.49. The molecular weight excluding hydrogens is 188 g/mol. The molecule has 0 spiro atoms. The van der Waals surface area contributed by atoms with Crippen molar-refractivity contribution in [2.75, 3.05) is 18.5 Å². The fourth-order valence-corrected chi connectivity index (χ4v) is 2.14. The van der Waals surface area contributed by atoms with Gasteiger partial charge in [0.15, 0.2) is 0 Å². The Balaban J connectivity index is 2.45. The lowest BCUT2D eigenvalue weighted by atomic mass is 10.0. The molecule has 1 aromatic rings. The lowest BCUT2D eigenvalue weighted by Gasteiger charge is -2.40. The van der Waals surface area contributed by atoms with Crippen LogP contribution >= 0.6 is 0 Å². The van der Waals surface area contributed by atoms with Crippen LogP contribution in [0.2, 0.25) is 0 Å². The Bertz CT molecular complexity index is 365. The fourth-order valence-electron chi connectivity index (χ4n) is 2.14. The summed E-state index contributed by atoms with van der Waals surface area (Å²) < 4.78 is 5.88. The molecule has 0 fully saturated rings. The summed E-state index contributed by atoms with van der Waals surface area (Å²) in [6.07, 6.45) is 0.0873. The third-order valence-electron chi connectivity index (χ3n) is 3.21. The number of para-hydroxylation sites is 1. The number of ether oxygens (including phenoxy) is 1. The van der Waals surface area contributed by atoms with Gasteiger partial charge < -0.3 is 15.4 Å². The summed E-state index contributed by atoms with van der Waals surface area (Å²) in [5.41, 5.74) is 8.14. The van der Waals surface area contributed by atoms with Crippen molar-refractivity contribution >= 4 is 5.69 Å². The second-order valence-corrected chi connectivity index (χ2v) is 4.17. The third kappa shape index (κ3) is 1.57. The molecule has 3 nitrogen and oxygen atoms in total. The quantitative estimate of drug-likeness (QED) is 0.757. The highest BCUT2D eigenvalue weighted by Crippen LogP contribution is 2.37. The van der Waals surface area contributed by atoms with E-state index in [0.717, 1.165) is 5.75 Å². The van der Waals surface area contributed by atoms with Gasteiger partial charge in [-0.2, -0.15) is 0 Å². The highest BCUT2D eigenvalue weighted by molar-refractivity contribution is 5.65. The maximum atomic E-state index is 5.88. The van der Waals surface area contributed by atoms with E-state index in [2.05, 4.69) is 31.9 Å². The first-order valence-corrected chi connectivity index (χ1v) is 5.34. The maximum absolute atomic E-state index is 5.88. The van der Waals surface area contributed by atoms with Crippen molar-refractivity contribution in [2.45, 2.75) is 26.0 Å². The van der Waals surface area contributed by atoms with Crippen molar-refractivity contribution in [2.24, 2.45) is 5.73 Å². The highest BCUT2D eigenvalue weighted by atomic mass is 16.5. The first-order valence-electron chi connectivity index (χ1n) is 5.34. The van der Waals surface area contributed by atoms with Crippen molar-refractivity contribution in [3.8, 4) is 5.75 Å². The summed E-state index contributed by atoms with van der Waals surface area (Å²) >= 11 is 0. The van der Waals surface area contributed by atoms with E-state index in [1.165, 1.54) is 11.3 Å².